The molecule has 2 aromatic heterocycles. The number of aromatic nitrogens is 1. The lowest BCUT2D eigenvalue weighted by Gasteiger charge is -2.31. The van der Waals surface area contributed by atoms with Gasteiger partial charge in [-0.05, 0) is 61.6 Å². The van der Waals surface area contributed by atoms with E-state index in [-0.39, 0.29) is 23.6 Å². The van der Waals surface area contributed by atoms with Crippen LogP contribution >= 0.6 is 0 Å². The summed E-state index contributed by atoms with van der Waals surface area (Å²) in [6.45, 7) is 2.43. The van der Waals surface area contributed by atoms with Crippen LogP contribution in [0.1, 0.15) is 59.0 Å². The summed E-state index contributed by atoms with van der Waals surface area (Å²) >= 11 is 0. The minimum Gasteiger partial charge on any atom is -0.459 e. The van der Waals surface area contributed by atoms with Crippen LogP contribution in [0.3, 0.4) is 0 Å². The molecule has 1 aliphatic carbocycles. The second kappa shape index (κ2) is 10.3. The number of aryl methyl sites for hydroxylation is 1. The number of carbonyl (C=O) groups is 2. The Morgan fingerprint density at radius 1 is 1.12 bits per heavy atom. The fourth-order valence-corrected chi connectivity index (χ4v) is 4.38. The Morgan fingerprint density at radius 2 is 1.91 bits per heavy atom. The summed E-state index contributed by atoms with van der Waals surface area (Å²) in [5.41, 5.74) is 3.02. The van der Waals surface area contributed by atoms with Crippen LogP contribution in [-0.4, -0.2) is 34.3 Å². The van der Waals surface area contributed by atoms with Crippen LogP contribution in [0.2, 0.25) is 0 Å². The zero-order valence-electron chi connectivity index (χ0n) is 18.4. The molecule has 3 aromatic rings. The number of pyridine rings is 1. The number of furan rings is 1. The molecule has 1 N–H and O–H groups in total. The Hall–Kier alpha value is -3.41. The molecule has 166 valence electrons. The van der Waals surface area contributed by atoms with Crippen molar-refractivity contribution < 1.29 is 14.0 Å². The van der Waals surface area contributed by atoms with E-state index in [4.69, 9.17) is 4.42 Å². The van der Waals surface area contributed by atoms with E-state index >= 15 is 0 Å². The topological polar surface area (TPSA) is 75.4 Å². The van der Waals surface area contributed by atoms with Crippen molar-refractivity contribution in [3.8, 4) is 0 Å². The molecule has 2 amide bonds. The Labute approximate surface area is 188 Å². The van der Waals surface area contributed by atoms with Crippen LogP contribution in [-0.2, 0) is 11.2 Å². The molecule has 32 heavy (non-hydrogen) atoms. The lowest BCUT2D eigenvalue weighted by atomic mass is 10.0. The van der Waals surface area contributed by atoms with E-state index in [1.54, 1.807) is 41.6 Å². The summed E-state index contributed by atoms with van der Waals surface area (Å²) in [4.78, 5) is 32.7. The second-order valence-corrected chi connectivity index (χ2v) is 8.39. The van der Waals surface area contributed by atoms with E-state index in [0.717, 1.165) is 42.4 Å². The van der Waals surface area contributed by atoms with Crippen molar-refractivity contribution in [2.45, 2.75) is 51.1 Å². The Bertz CT molecular complexity index is 1030. The van der Waals surface area contributed by atoms with Crippen LogP contribution < -0.4 is 5.32 Å². The minimum atomic E-state index is -0.763. The number of hydrogen-bond acceptors (Lipinski definition) is 4. The zero-order chi connectivity index (χ0) is 22.3. The Morgan fingerprint density at radius 3 is 2.59 bits per heavy atom. The summed E-state index contributed by atoms with van der Waals surface area (Å²) in [7, 11) is 0. The average Bonchev–Trinajstić information content (AvgIpc) is 3.51. The number of hydrogen-bond donors (Lipinski definition) is 1. The standard InChI is InChI=1S/C26H29N3O3/c1-19-6-4-7-20(18-19)13-16-29(26(31)23-10-5-17-32-23)24(21-11-14-27-15-12-21)25(30)28-22-8-2-3-9-22/h4-7,10-12,14-15,17-18,22,24H,2-3,8-9,13,16H2,1H3,(H,28,30). The van der Waals surface area contributed by atoms with Crippen LogP contribution in [0, 0.1) is 6.92 Å². The van der Waals surface area contributed by atoms with Gasteiger partial charge in [-0.2, -0.15) is 0 Å². The first-order valence-electron chi connectivity index (χ1n) is 11.2. The van der Waals surface area contributed by atoms with Gasteiger partial charge in [0.1, 0.15) is 6.04 Å². The van der Waals surface area contributed by atoms with Gasteiger partial charge in [-0.25, -0.2) is 0 Å². The normalized spacial score (nSPS) is 14.8. The lowest BCUT2D eigenvalue weighted by molar-refractivity contribution is -0.126. The van der Waals surface area contributed by atoms with E-state index in [0.29, 0.717) is 13.0 Å². The molecule has 0 radical (unpaired) electrons. The van der Waals surface area contributed by atoms with Crippen molar-refractivity contribution >= 4 is 11.8 Å². The first-order valence-corrected chi connectivity index (χ1v) is 11.2. The molecule has 1 aromatic carbocycles. The first kappa shape index (κ1) is 21.8. The first-order chi connectivity index (χ1) is 15.6. The molecule has 0 saturated heterocycles. The summed E-state index contributed by atoms with van der Waals surface area (Å²) in [6, 6.07) is 14.5. The third-order valence-corrected chi connectivity index (χ3v) is 6.00. The Kier molecular flexibility index (Phi) is 7.00. The van der Waals surface area contributed by atoms with Crippen molar-refractivity contribution in [3.05, 3.63) is 89.6 Å². The molecule has 0 bridgehead atoms. The quantitative estimate of drug-likeness (QED) is 0.571. The van der Waals surface area contributed by atoms with Gasteiger partial charge in [0.2, 0.25) is 5.91 Å². The van der Waals surface area contributed by atoms with Crippen LogP contribution in [0.25, 0.3) is 0 Å². The van der Waals surface area contributed by atoms with Gasteiger partial charge in [0.05, 0.1) is 6.26 Å². The molecule has 1 fully saturated rings. The maximum atomic E-state index is 13.5. The van der Waals surface area contributed by atoms with Gasteiger partial charge in [0.25, 0.3) is 5.91 Å². The second-order valence-electron chi connectivity index (χ2n) is 8.39. The van der Waals surface area contributed by atoms with Gasteiger partial charge in [-0.15, -0.1) is 0 Å². The van der Waals surface area contributed by atoms with Crippen molar-refractivity contribution in [2.24, 2.45) is 0 Å². The third-order valence-electron chi connectivity index (χ3n) is 6.00. The van der Waals surface area contributed by atoms with E-state index in [1.807, 2.05) is 25.1 Å². The van der Waals surface area contributed by atoms with E-state index in [2.05, 4.69) is 16.4 Å². The molecule has 4 rings (SSSR count). The van der Waals surface area contributed by atoms with Gasteiger partial charge in [0, 0.05) is 25.0 Å². The van der Waals surface area contributed by atoms with Crippen LogP contribution in [0.5, 0.6) is 0 Å². The van der Waals surface area contributed by atoms with Gasteiger partial charge < -0.3 is 14.6 Å². The van der Waals surface area contributed by atoms with Gasteiger partial charge in [-0.3, -0.25) is 14.6 Å². The summed E-state index contributed by atoms with van der Waals surface area (Å²) in [6.07, 6.45) is 9.61. The molecule has 1 aliphatic rings. The smallest absolute Gasteiger partial charge is 0.290 e. The summed E-state index contributed by atoms with van der Waals surface area (Å²) in [5.74, 6) is -0.236. The fraction of sp³-hybridized carbons (Fsp3) is 0.346. The maximum Gasteiger partial charge on any atom is 0.290 e. The lowest BCUT2D eigenvalue weighted by Crippen LogP contribution is -2.46. The van der Waals surface area contributed by atoms with Crippen molar-refractivity contribution in [1.82, 2.24) is 15.2 Å². The van der Waals surface area contributed by atoms with Crippen molar-refractivity contribution in [3.63, 3.8) is 0 Å². The van der Waals surface area contributed by atoms with Gasteiger partial charge >= 0.3 is 0 Å². The van der Waals surface area contributed by atoms with Gasteiger partial charge in [0.15, 0.2) is 5.76 Å². The highest BCUT2D eigenvalue weighted by Crippen LogP contribution is 2.26. The molecular formula is C26H29N3O3. The maximum absolute atomic E-state index is 13.5. The summed E-state index contributed by atoms with van der Waals surface area (Å²) in [5, 5.41) is 3.18. The molecule has 6 heteroatoms. The van der Waals surface area contributed by atoms with E-state index in [1.165, 1.54) is 6.26 Å². The van der Waals surface area contributed by atoms with Crippen molar-refractivity contribution in [1.29, 1.82) is 0 Å². The SMILES string of the molecule is Cc1cccc(CCN(C(=O)c2ccco2)C(C(=O)NC2CCCC2)c2ccncc2)c1. The third kappa shape index (κ3) is 5.25. The largest absolute Gasteiger partial charge is 0.459 e. The van der Waals surface area contributed by atoms with Gasteiger partial charge in [-0.1, -0.05) is 42.7 Å². The number of nitrogens with zero attached hydrogens (tertiary/aromatic N) is 2. The predicted octanol–water partition coefficient (Wildman–Crippen LogP) is 4.47. The number of carbonyl (C=O) groups excluding carboxylic acids is 2. The number of amides is 2. The number of benzene rings is 1. The molecule has 0 aliphatic heterocycles. The molecule has 6 nitrogen and oxygen atoms in total. The molecule has 2 heterocycles. The molecule has 0 spiro atoms. The monoisotopic (exact) mass is 431 g/mol. The number of rotatable bonds is 8. The molecule has 1 atom stereocenters. The van der Waals surface area contributed by atoms with Crippen LogP contribution in [0.15, 0.2) is 71.6 Å². The highest BCUT2D eigenvalue weighted by atomic mass is 16.3. The van der Waals surface area contributed by atoms with E-state index in [9.17, 15) is 9.59 Å². The highest BCUT2D eigenvalue weighted by molar-refractivity contribution is 5.96. The highest BCUT2D eigenvalue weighted by Gasteiger charge is 2.34. The molecular weight excluding hydrogens is 402 g/mol. The Balaban J connectivity index is 1.66. The number of nitrogens with one attached hydrogen (secondary N) is 1. The van der Waals surface area contributed by atoms with E-state index < -0.39 is 6.04 Å². The predicted molar refractivity (Wildman–Crippen MR) is 122 cm³/mol. The average molecular weight is 432 g/mol. The summed E-state index contributed by atoms with van der Waals surface area (Å²) < 4.78 is 5.41. The van der Waals surface area contributed by atoms with Crippen LogP contribution in [0.4, 0.5) is 0 Å². The minimum absolute atomic E-state index is 0.157. The fourth-order valence-electron chi connectivity index (χ4n) is 4.38. The molecule has 1 unspecified atom stereocenters. The zero-order valence-corrected chi connectivity index (χ0v) is 18.4. The molecule has 1 saturated carbocycles. The van der Waals surface area contributed by atoms with Crippen molar-refractivity contribution in [2.75, 3.05) is 6.54 Å².